The Morgan fingerprint density at radius 1 is 0.925 bits per heavy atom. The minimum atomic E-state index is -1.16. The molecule has 206 valence electrons. The third kappa shape index (κ3) is 7.22. The number of nitrogens with zero attached hydrogens (tertiary/aromatic N) is 1. The molecule has 9 nitrogen and oxygen atoms in total. The number of aliphatic hydroxyl groups is 1. The zero-order chi connectivity index (χ0) is 28.5. The second kappa shape index (κ2) is 13.4. The van der Waals surface area contributed by atoms with E-state index >= 15 is 0 Å². The first-order valence-electron chi connectivity index (χ1n) is 12.7. The van der Waals surface area contributed by atoms with Gasteiger partial charge in [0.2, 0.25) is 0 Å². The van der Waals surface area contributed by atoms with Gasteiger partial charge in [0.05, 0.1) is 12.2 Å². The summed E-state index contributed by atoms with van der Waals surface area (Å²) in [5.41, 5.74) is 6.72. The maximum atomic E-state index is 11.3. The second-order valence-corrected chi connectivity index (χ2v) is 9.26. The van der Waals surface area contributed by atoms with Crippen LogP contribution in [-0.2, 0) is 24.5 Å². The summed E-state index contributed by atoms with van der Waals surface area (Å²) in [6.45, 7) is 2.31. The number of aromatic nitrogens is 1. The Labute approximate surface area is 232 Å². The van der Waals surface area contributed by atoms with Crippen molar-refractivity contribution in [1.29, 1.82) is 0 Å². The van der Waals surface area contributed by atoms with Gasteiger partial charge >= 0.3 is 11.9 Å². The highest BCUT2D eigenvalue weighted by atomic mass is 16.5. The Kier molecular flexibility index (Phi) is 9.45. The van der Waals surface area contributed by atoms with Crippen molar-refractivity contribution in [3.8, 4) is 16.9 Å². The van der Waals surface area contributed by atoms with Crippen LogP contribution in [0.3, 0.4) is 0 Å². The number of aromatic carboxylic acids is 1. The van der Waals surface area contributed by atoms with Crippen molar-refractivity contribution < 1.29 is 29.6 Å². The van der Waals surface area contributed by atoms with E-state index in [-0.39, 0.29) is 18.7 Å². The van der Waals surface area contributed by atoms with Crippen LogP contribution in [0, 0.1) is 6.92 Å². The zero-order valence-corrected chi connectivity index (χ0v) is 22.0. The van der Waals surface area contributed by atoms with Crippen molar-refractivity contribution in [3.05, 3.63) is 113 Å². The fraction of sp³-hybridized carbons (Fsp3) is 0.194. The van der Waals surface area contributed by atoms with Gasteiger partial charge in [-0.25, -0.2) is 4.79 Å². The van der Waals surface area contributed by atoms with Crippen LogP contribution in [0.15, 0.2) is 85.2 Å². The quantitative estimate of drug-likeness (QED) is 0.166. The predicted molar refractivity (Wildman–Crippen MR) is 151 cm³/mol. The number of carboxylic acid groups (broad SMARTS) is 2. The van der Waals surface area contributed by atoms with Crippen LogP contribution in [0.4, 0.5) is 5.69 Å². The summed E-state index contributed by atoms with van der Waals surface area (Å²) in [5.74, 6) is -1.76. The Hall–Kier alpha value is -4.73. The number of aliphatic hydroxyl groups excluding tert-OH is 1. The Balaban J connectivity index is 1.54. The van der Waals surface area contributed by atoms with E-state index in [1.54, 1.807) is 0 Å². The fourth-order valence-corrected chi connectivity index (χ4v) is 4.26. The Bertz CT molecular complexity index is 1480. The molecule has 0 aliphatic rings. The highest BCUT2D eigenvalue weighted by molar-refractivity contribution is 5.87. The van der Waals surface area contributed by atoms with Gasteiger partial charge in [-0.15, -0.1) is 0 Å². The van der Waals surface area contributed by atoms with Crippen molar-refractivity contribution >= 4 is 17.6 Å². The van der Waals surface area contributed by atoms with E-state index in [2.05, 4.69) is 46.8 Å². The molecule has 1 atom stereocenters. The molecular formula is C31H31N3O6. The normalized spacial score (nSPS) is 11.6. The van der Waals surface area contributed by atoms with Crippen LogP contribution in [0.1, 0.15) is 32.6 Å². The standard InChI is InChI=1S/C31H31N3O6/c1-20-23(8-5-9-27(20)22-6-3-2-4-7-22)16-33-26-11-10-24(17-34-28(18-35)31(38)39)29(13-26)40-19-21-12-25(30(36)37)15-32-14-21/h2-15,28,33-35H,16-19H2,1H3,(H,36,37)(H,38,39)/t28-/m1/s1. The molecule has 4 rings (SSSR count). The number of benzene rings is 3. The molecule has 0 radical (unpaired) electrons. The van der Waals surface area contributed by atoms with Crippen LogP contribution < -0.4 is 15.4 Å². The topological polar surface area (TPSA) is 141 Å². The van der Waals surface area contributed by atoms with Crippen LogP contribution in [0.5, 0.6) is 5.75 Å². The van der Waals surface area contributed by atoms with Crippen molar-refractivity contribution in [2.45, 2.75) is 32.7 Å². The number of hydrogen-bond donors (Lipinski definition) is 5. The summed E-state index contributed by atoms with van der Waals surface area (Å²) in [7, 11) is 0. The van der Waals surface area contributed by atoms with E-state index in [9.17, 15) is 24.9 Å². The highest BCUT2D eigenvalue weighted by Gasteiger charge is 2.17. The van der Waals surface area contributed by atoms with E-state index in [0.717, 1.165) is 16.8 Å². The summed E-state index contributed by atoms with van der Waals surface area (Å²) >= 11 is 0. The van der Waals surface area contributed by atoms with Gasteiger partial charge in [0.25, 0.3) is 0 Å². The van der Waals surface area contributed by atoms with Crippen molar-refractivity contribution in [2.24, 2.45) is 0 Å². The SMILES string of the molecule is Cc1c(CNc2ccc(CN[C@H](CO)C(=O)O)c(OCc3cncc(C(=O)O)c3)c2)cccc1-c1ccccc1. The molecule has 0 aliphatic heterocycles. The smallest absolute Gasteiger partial charge is 0.337 e. The molecule has 9 heteroatoms. The molecule has 4 aromatic rings. The molecule has 3 aromatic carbocycles. The minimum absolute atomic E-state index is 0.0544. The molecule has 40 heavy (non-hydrogen) atoms. The lowest BCUT2D eigenvalue weighted by Crippen LogP contribution is -2.39. The highest BCUT2D eigenvalue weighted by Crippen LogP contribution is 2.28. The van der Waals surface area contributed by atoms with Crippen LogP contribution in [-0.4, -0.2) is 44.9 Å². The molecule has 0 saturated carbocycles. The predicted octanol–water partition coefficient (Wildman–Crippen LogP) is 4.48. The van der Waals surface area contributed by atoms with Gasteiger partial charge < -0.3 is 25.4 Å². The number of pyridine rings is 1. The molecule has 1 aromatic heterocycles. The largest absolute Gasteiger partial charge is 0.488 e. The lowest BCUT2D eigenvalue weighted by molar-refractivity contribution is -0.140. The number of carbonyl (C=O) groups is 2. The van der Waals surface area contributed by atoms with Crippen molar-refractivity contribution in [3.63, 3.8) is 0 Å². The van der Waals surface area contributed by atoms with Crippen molar-refractivity contribution in [2.75, 3.05) is 11.9 Å². The summed E-state index contributed by atoms with van der Waals surface area (Å²) in [5, 5.41) is 34.1. The van der Waals surface area contributed by atoms with E-state index in [4.69, 9.17) is 4.74 Å². The summed E-state index contributed by atoms with van der Waals surface area (Å²) in [6, 6.07) is 22.3. The van der Waals surface area contributed by atoms with Gasteiger partial charge in [0, 0.05) is 48.4 Å². The first-order chi connectivity index (χ1) is 19.4. The minimum Gasteiger partial charge on any atom is -0.488 e. The molecule has 0 aliphatic carbocycles. The lowest BCUT2D eigenvalue weighted by Gasteiger charge is -2.18. The maximum absolute atomic E-state index is 11.3. The molecule has 5 N–H and O–H groups in total. The van der Waals surface area contributed by atoms with Crippen LogP contribution in [0.25, 0.3) is 11.1 Å². The summed E-state index contributed by atoms with van der Waals surface area (Å²) in [6.07, 6.45) is 2.79. The average molecular weight is 542 g/mol. The van der Waals surface area contributed by atoms with Crippen LogP contribution in [0.2, 0.25) is 0 Å². The van der Waals surface area contributed by atoms with Gasteiger partial charge in [-0.2, -0.15) is 0 Å². The number of ether oxygens (including phenoxy) is 1. The first-order valence-corrected chi connectivity index (χ1v) is 12.7. The second-order valence-electron chi connectivity index (χ2n) is 9.26. The number of carboxylic acids is 2. The van der Waals surface area contributed by atoms with Gasteiger partial charge in [-0.1, -0.05) is 54.6 Å². The zero-order valence-electron chi connectivity index (χ0n) is 22.0. The van der Waals surface area contributed by atoms with Gasteiger partial charge in [-0.3, -0.25) is 15.1 Å². The third-order valence-corrected chi connectivity index (χ3v) is 6.54. The number of hydrogen-bond acceptors (Lipinski definition) is 7. The molecule has 0 amide bonds. The monoisotopic (exact) mass is 541 g/mol. The molecule has 1 heterocycles. The van der Waals surface area contributed by atoms with Gasteiger partial charge in [-0.05, 0) is 41.3 Å². The van der Waals surface area contributed by atoms with Gasteiger partial charge in [0.15, 0.2) is 0 Å². The maximum Gasteiger partial charge on any atom is 0.337 e. The fourth-order valence-electron chi connectivity index (χ4n) is 4.26. The number of aliphatic carboxylic acids is 1. The molecule has 0 unspecified atom stereocenters. The molecule has 0 spiro atoms. The Morgan fingerprint density at radius 3 is 2.45 bits per heavy atom. The molecule has 0 bridgehead atoms. The molecular weight excluding hydrogens is 510 g/mol. The van der Waals surface area contributed by atoms with Crippen molar-refractivity contribution in [1.82, 2.24) is 10.3 Å². The summed E-state index contributed by atoms with van der Waals surface area (Å²) in [4.78, 5) is 26.6. The average Bonchev–Trinajstić information content (AvgIpc) is 2.97. The number of rotatable bonds is 13. The summed E-state index contributed by atoms with van der Waals surface area (Å²) < 4.78 is 6.05. The third-order valence-electron chi connectivity index (χ3n) is 6.54. The number of nitrogens with one attached hydrogen (secondary N) is 2. The van der Waals surface area contributed by atoms with Gasteiger partial charge in [0.1, 0.15) is 18.4 Å². The van der Waals surface area contributed by atoms with Crippen LogP contribution >= 0.6 is 0 Å². The van der Waals surface area contributed by atoms with E-state index < -0.39 is 24.6 Å². The first kappa shape index (κ1) is 28.3. The molecule has 0 fully saturated rings. The molecule has 0 saturated heterocycles. The lowest BCUT2D eigenvalue weighted by atomic mass is 9.96. The Morgan fingerprint density at radius 2 is 1.73 bits per heavy atom. The number of anilines is 1. The van der Waals surface area contributed by atoms with E-state index in [0.29, 0.717) is 23.4 Å². The van der Waals surface area contributed by atoms with E-state index in [1.165, 1.54) is 29.6 Å². The van der Waals surface area contributed by atoms with E-state index in [1.807, 2.05) is 42.5 Å².